The standard InChI is InChI=1S/C17H23N3O3/c1-18-13-5-3-12(4-6-13)15(22)20-9-7-17(8-10-20)11-14(21)19(2)16(17)23/h3-6,14-16,21-23H,7-11H2,2H3. The summed E-state index contributed by atoms with van der Waals surface area (Å²) in [4.78, 5) is 6.95. The molecule has 0 aromatic heterocycles. The quantitative estimate of drug-likeness (QED) is 0.717. The third-order valence-electron chi connectivity index (χ3n) is 5.45. The highest BCUT2D eigenvalue weighted by Gasteiger charge is 2.51. The second-order valence-electron chi connectivity index (χ2n) is 6.70. The molecule has 0 amide bonds. The van der Waals surface area contributed by atoms with Gasteiger partial charge in [-0.25, -0.2) is 4.85 Å². The molecule has 3 atom stereocenters. The number of aliphatic hydroxyl groups is 3. The molecule has 6 heteroatoms. The van der Waals surface area contributed by atoms with Crippen molar-refractivity contribution in [1.29, 1.82) is 0 Å². The van der Waals surface area contributed by atoms with Crippen molar-refractivity contribution in [3.05, 3.63) is 41.2 Å². The van der Waals surface area contributed by atoms with E-state index in [-0.39, 0.29) is 5.41 Å². The summed E-state index contributed by atoms with van der Waals surface area (Å²) >= 11 is 0. The predicted molar refractivity (Wildman–Crippen MR) is 85.3 cm³/mol. The third kappa shape index (κ3) is 2.87. The Labute approximate surface area is 136 Å². The van der Waals surface area contributed by atoms with Gasteiger partial charge in [-0.3, -0.25) is 9.80 Å². The van der Waals surface area contributed by atoms with E-state index < -0.39 is 18.7 Å². The number of hydrogen-bond acceptors (Lipinski definition) is 5. The molecule has 0 saturated carbocycles. The Hall–Kier alpha value is -1.49. The first-order valence-corrected chi connectivity index (χ1v) is 7.94. The molecule has 2 aliphatic heterocycles. The zero-order valence-electron chi connectivity index (χ0n) is 13.3. The summed E-state index contributed by atoms with van der Waals surface area (Å²) in [7, 11) is 1.74. The lowest BCUT2D eigenvalue weighted by atomic mass is 9.76. The summed E-state index contributed by atoms with van der Waals surface area (Å²) in [6.45, 7) is 8.30. The molecule has 2 aliphatic rings. The summed E-state index contributed by atoms with van der Waals surface area (Å²) in [5.41, 5.74) is 1.06. The molecule has 0 radical (unpaired) electrons. The van der Waals surface area contributed by atoms with Crippen LogP contribution in [0.4, 0.5) is 5.69 Å². The summed E-state index contributed by atoms with van der Waals surface area (Å²) in [5, 5.41) is 30.9. The van der Waals surface area contributed by atoms with Crippen LogP contribution in [0, 0.1) is 12.0 Å². The van der Waals surface area contributed by atoms with Crippen molar-refractivity contribution in [2.24, 2.45) is 5.41 Å². The molecule has 1 aromatic carbocycles. The van der Waals surface area contributed by atoms with Crippen LogP contribution in [0.2, 0.25) is 0 Å². The maximum Gasteiger partial charge on any atom is 0.187 e. The van der Waals surface area contributed by atoms with E-state index in [0.29, 0.717) is 25.2 Å². The van der Waals surface area contributed by atoms with Gasteiger partial charge in [-0.1, -0.05) is 24.3 Å². The van der Waals surface area contributed by atoms with Gasteiger partial charge in [-0.15, -0.1) is 0 Å². The number of nitrogens with zero attached hydrogens (tertiary/aromatic N) is 3. The first-order valence-electron chi connectivity index (χ1n) is 7.94. The molecule has 6 nitrogen and oxygen atoms in total. The fraction of sp³-hybridized carbons (Fsp3) is 0.588. The SMILES string of the molecule is [C-]#[N+]c1ccc(C(O)N2CCC3(CC2)CC(O)N(C)C3O)cc1. The molecule has 1 spiro atoms. The Balaban J connectivity index is 1.65. The maximum atomic E-state index is 10.5. The van der Waals surface area contributed by atoms with Crippen LogP contribution in [-0.2, 0) is 0 Å². The predicted octanol–water partition coefficient (Wildman–Crippen LogP) is 1.28. The fourth-order valence-corrected chi connectivity index (χ4v) is 3.82. The Morgan fingerprint density at radius 1 is 1.22 bits per heavy atom. The number of benzene rings is 1. The summed E-state index contributed by atoms with van der Waals surface area (Å²) in [6.07, 6.45) is 0.138. The van der Waals surface area contributed by atoms with Gasteiger partial charge in [0.15, 0.2) is 5.69 Å². The molecule has 2 fully saturated rings. The van der Waals surface area contributed by atoms with Gasteiger partial charge < -0.3 is 15.3 Å². The normalized spacial score (nSPS) is 29.5. The van der Waals surface area contributed by atoms with Gasteiger partial charge in [0.25, 0.3) is 0 Å². The molecule has 3 rings (SSSR count). The van der Waals surface area contributed by atoms with Gasteiger partial charge >= 0.3 is 0 Å². The number of rotatable bonds is 2. The van der Waals surface area contributed by atoms with Crippen LogP contribution < -0.4 is 0 Å². The lowest BCUT2D eigenvalue weighted by Crippen LogP contribution is -2.47. The van der Waals surface area contributed by atoms with Crippen molar-refractivity contribution in [1.82, 2.24) is 9.80 Å². The van der Waals surface area contributed by atoms with Gasteiger partial charge in [0, 0.05) is 18.5 Å². The molecule has 1 aromatic rings. The molecule has 0 bridgehead atoms. The Kier molecular flexibility index (Phi) is 4.41. The van der Waals surface area contributed by atoms with Crippen LogP contribution in [0.25, 0.3) is 4.85 Å². The molecular weight excluding hydrogens is 294 g/mol. The van der Waals surface area contributed by atoms with Crippen LogP contribution in [0.5, 0.6) is 0 Å². The smallest absolute Gasteiger partial charge is 0.187 e. The van der Waals surface area contributed by atoms with Gasteiger partial charge in [0.1, 0.15) is 18.7 Å². The average molecular weight is 317 g/mol. The van der Waals surface area contributed by atoms with E-state index in [4.69, 9.17) is 6.57 Å². The van der Waals surface area contributed by atoms with E-state index in [1.54, 1.807) is 36.2 Å². The van der Waals surface area contributed by atoms with Gasteiger partial charge in [-0.2, -0.15) is 0 Å². The van der Waals surface area contributed by atoms with Gasteiger partial charge in [-0.05, 0) is 31.9 Å². The van der Waals surface area contributed by atoms with E-state index in [9.17, 15) is 15.3 Å². The summed E-state index contributed by atoms with van der Waals surface area (Å²) < 4.78 is 0. The van der Waals surface area contributed by atoms with E-state index in [1.165, 1.54) is 0 Å². The first kappa shape index (κ1) is 16.4. The molecule has 2 saturated heterocycles. The van der Waals surface area contributed by atoms with Crippen molar-refractivity contribution in [3.63, 3.8) is 0 Å². The Morgan fingerprint density at radius 3 is 2.30 bits per heavy atom. The van der Waals surface area contributed by atoms with Crippen molar-refractivity contribution >= 4 is 5.69 Å². The lowest BCUT2D eigenvalue weighted by Gasteiger charge is -2.43. The number of hydrogen-bond donors (Lipinski definition) is 3. The van der Waals surface area contributed by atoms with E-state index in [0.717, 1.165) is 18.4 Å². The van der Waals surface area contributed by atoms with E-state index in [1.807, 2.05) is 4.90 Å². The maximum absolute atomic E-state index is 10.5. The van der Waals surface area contributed by atoms with Crippen LogP contribution in [0.3, 0.4) is 0 Å². The second-order valence-corrected chi connectivity index (χ2v) is 6.70. The van der Waals surface area contributed by atoms with Gasteiger partial charge in [0.05, 0.1) is 6.57 Å². The zero-order chi connectivity index (χ0) is 16.6. The van der Waals surface area contributed by atoms with Crippen LogP contribution in [-0.4, -0.2) is 57.7 Å². The third-order valence-corrected chi connectivity index (χ3v) is 5.45. The summed E-state index contributed by atoms with van der Waals surface area (Å²) in [6, 6.07) is 6.99. The highest BCUT2D eigenvalue weighted by Crippen LogP contribution is 2.46. The molecule has 124 valence electrons. The molecular formula is C17H23N3O3. The zero-order valence-corrected chi connectivity index (χ0v) is 13.3. The lowest BCUT2D eigenvalue weighted by molar-refractivity contribution is -0.0980. The average Bonchev–Trinajstić information content (AvgIpc) is 2.79. The highest BCUT2D eigenvalue weighted by molar-refractivity contribution is 5.45. The minimum atomic E-state index is -0.701. The minimum Gasteiger partial charge on any atom is -0.378 e. The molecule has 3 N–H and O–H groups in total. The highest BCUT2D eigenvalue weighted by atomic mass is 16.3. The van der Waals surface area contributed by atoms with Crippen LogP contribution in [0.15, 0.2) is 24.3 Å². The van der Waals surface area contributed by atoms with Crippen molar-refractivity contribution in [3.8, 4) is 0 Å². The Morgan fingerprint density at radius 2 is 1.83 bits per heavy atom. The number of piperidine rings is 1. The van der Waals surface area contributed by atoms with Crippen LogP contribution >= 0.6 is 0 Å². The van der Waals surface area contributed by atoms with E-state index in [2.05, 4.69) is 4.85 Å². The Bertz CT molecular complexity index is 590. The van der Waals surface area contributed by atoms with Crippen molar-refractivity contribution in [2.45, 2.75) is 37.9 Å². The molecule has 23 heavy (non-hydrogen) atoms. The first-order chi connectivity index (χ1) is 11.0. The molecule has 3 unspecified atom stereocenters. The van der Waals surface area contributed by atoms with Crippen LogP contribution in [0.1, 0.15) is 31.1 Å². The molecule has 0 aliphatic carbocycles. The van der Waals surface area contributed by atoms with Crippen molar-refractivity contribution < 1.29 is 15.3 Å². The van der Waals surface area contributed by atoms with Crippen molar-refractivity contribution in [2.75, 3.05) is 20.1 Å². The fourth-order valence-electron chi connectivity index (χ4n) is 3.82. The second kappa shape index (κ2) is 6.19. The molecule has 2 heterocycles. The number of likely N-dealkylation sites (tertiary alicyclic amines) is 2. The number of aliphatic hydroxyl groups excluding tert-OH is 3. The van der Waals surface area contributed by atoms with E-state index >= 15 is 0 Å². The largest absolute Gasteiger partial charge is 0.378 e. The topological polar surface area (TPSA) is 71.5 Å². The minimum absolute atomic E-state index is 0.279. The monoisotopic (exact) mass is 317 g/mol. The van der Waals surface area contributed by atoms with Gasteiger partial charge in [0.2, 0.25) is 0 Å². The summed E-state index contributed by atoms with van der Waals surface area (Å²) in [5.74, 6) is 0.